The van der Waals surface area contributed by atoms with Crippen LogP contribution in [0, 0.1) is 11.3 Å². The van der Waals surface area contributed by atoms with Gasteiger partial charge in [-0.25, -0.2) is 8.42 Å². The zero-order valence-electron chi connectivity index (χ0n) is 14.6. The number of benzene rings is 1. The van der Waals surface area contributed by atoms with Crippen molar-refractivity contribution in [1.82, 2.24) is 9.21 Å². The molecular weight excluding hydrogens is 340 g/mol. The molecule has 1 aliphatic heterocycles. The van der Waals surface area contributed by atoms with Crippen LogP contribution in [0.5, 0.6) is 0 Å². The molecule has 0 radical (unpaired) electrons. The van der Waals surface area contributed by atoms with Gasteiger partial charge in [0, 0.05) is 18.8 Å². The maximum absolute atomic E-state index is 12.6. The van der Waals surface area contributed by atoms with Gasteiger partial charge in [-0.05, 0) is 51.1 Å². The fraction of sp³-hybridized carbons (Fsp3) is 0.529. The molecule has 0 spiro atoms. The Balaban J connectivity index is 2.04. The topological polar surface area (TPSA) is 93.5 Å². The smallest absolute Gasteiger partial charge is 0.243 e. The predicted octanol–water partition coefficient (Wildman–Crippen LogP) is 1.64. The standard InChI is InChI=1S/C17H24N4O3S/c1-14(20(2)13-10-18)17(22)19-15-6-8-16(9-7-15)25(23,24)21-11-4-3-5-12-21/h6-9,14H,3-5,11-13H2,1-2H3,(H,19,22). The molecular formula is C17H24N4O3S. The number of carbonyl (C=O) groups is 1. The highest BCUT2D eigenvalue weighted by molar-refractivity contribution is 7.89. The highest BCUT2D eigenvalue weighted by atomic mass is 32.2. The van der Waals surface area contributed by atoms with Gasteiger partial charge < -0.3 is 5.32 Å². The van der Waals surface area contributed by atoms with E-state index in [0.29, 0.717) is 18.8 Å². The lowest BCUT2D eigenvalue weighted by Gasteiger charge is -2.26. The lowest BCUT2D eigenvalue weighted by atomic mass is 10.2. The average Bonchev–Trinajstić information content (AvgIpc) is 2.62. The third-order valence-corrected chi connectivity index (χ3v) is 6.35. The van der Waals surface area contributed by atoms with Crippen molar-refractivity contribution < 1.29 is 13.2 Å². The van der Waals surface area contributed by atoms with E-state index >= 15 is 0 Å². The summed E-state index contributed by atoms with van der Waals surface area (Å²) in [5.41, 5.74) is 0.528. The maximum atomic E-state index is 12.6. The summed E-state index contributed by atoms with van der Waals surface area (Å²) < 4.78 is 26.7. The van der Waals surface area contributed by atoms with E-state index in [1.807, 2.05) is 6.07 Å². The molecule has 1 aliphatic rings. The summed E-state index contributed by atoms with van der Waals surface area (Å²) in [5, 5.41) is 11.4. The molecule has 0 aromatic heterocycles. The van der Waals surface area contributed by atoms with E-state index in [1.165, 1.54) is 16.4 Å². The zero-order valence-corrected chi connectivity index (χ0v) is 15.4. The van der Waals surface area contributed by atoms with Crippen molar-refractivity contribution in [3.63, 3.8) is 0 Å². The summed E-state index contributed by atoms with van der Waals surface area (Å²) in [6.45, 7) is 2.98. The van der Waals surface area contributed by atoms with Crippen LogP contribution in [0.15, 0.2) is 29.2 Å². The van der Waals surface area contributed by atoms with Crippen LogP contribution in [0.4, 0.5) is 5.69 Å². The summed E-state index contributed by atoms with van der Waals surface area (Å²) >= 11 is 0. The Hall–Kier alpha value is -1.95. The van der Waals surface area contributed by atoms with Gasteiger partial charge in [0.15, 0.2) is 0 Å². The molecule has 2 rings (SSSR count). The van der Waals surface area contributed by atoms with Crippen molar-refractivity contribution in [3.05, 3.63) is 24.3 Å². The van der Waals surface area contributed by atoms with E-state index in [2.05, 4.69) is 5.32 Å². The van der Waals surface area contributed by atoms with Gasteiger partial charge in [-0.15, -0.1) is 0 Å². The number of nitrogens with one attached hydrogen (secondary N) is 1. The van der Waals surface area contributed by atoms with Gasteiger partial charge in [0.2, 0.25) is 15.9 Å². The number of sulfonamides is 1. The zero-order chi connectivity index (χ0) is 18.4. The second-order valence-electron chi connectivity index (χ2n) is 6.23. The summed E-state index contributed by atoms with van der Waals surface area (Å²) in [6.07, 6.45) is 2.85. The molecule has 0 saturated carbocycles. The number of piperidine rings is 1. The number of likely N-dealkylation sites (N-methyl/N-ethyl adjacent to an activating group) is 1. The first-order valence-corrected chi connectivity index (χ1v) is 9.78. The second kappa shape index (κ2) is 8.43. The number of rotatable bonds is 6. The lowest BCUT2D eigenvalue weighted by molar-refractivity contribution is -0.120. The van der Waals surface area contributed by atoms with Gasteiger partial charge in [-0.2, -0.15) is 9.57 Å². The molecule has 1 aromatic rings. The van der Waals surface area contributed by atoms with Crippen LogP contribution in [0.25, 0.3) is 0 Å². The van der Waals surface area contributed by atoms with Gasteiger partial charge >= 0.3 is 0 Å². The first-order valence-electron chi connectivity index (χ1n) is 8.34. The largest absolute Gasteiger partial charge is 0.325 e. The fourth-order valence-electron chi connectivity index (χ4n) is 2.66. The minimum Gasteiger partial charge on any atom is -0.325 e. The fourth-order valence-corrected chi connectivity index (χ4v) is 4.18. The average molecular weight is 364 g/mol. The van der Waals surface area contributed by atoms with E-state index in [-0.39, 0.29) is 17.3 Å². The lowest BCUT2D eigenvalue weighted by Crippen LogP contribution is -2.39. The summed E-state index contributed by atoms with van der Waals surface area (Å²) in [6, 6.07) is 7.75. The van der Waals surface area contributed by atoms with Crippen molar-refractivity contribution in [2.45, 2.75) is 37.1 Å². The van der Waals surface area contributed by atoms with E-state index in [4.69, 9.17) is 5.26 Å². The molecule has 0 aliphatic carbocycles. The Morgan fingerprint density at radius 3 is 2.44 bits per heavy atom. The van der Waals surface area contributed by atoms with Gasteiger partial charge in [-0.3, -0.25) is 9.69 Å². The molecule has 0 bridgehead atoms. The Labute approximate surface area is 149 Å². The van der Waals surface area contributed by atoms with E-state index in [0.717, 1.165) is 19.3 Å². The first kappa shape index (κ1) is 19.4. The van der Waals surface area contributed by atoms with Gasteiger partial charge in [0.25, 0.3) is 0 Å². The summed E-state index contributed by atoms with van der Waals surface area (Å²) in [7, 11) is -1.77. The number of nitrogens with zero attached hydrogens (tertiary/aromatic N) is 3. The Morgan fingerprint density at radius 2 is 1.88 bits per heavy atom. The first-order chi connectivity index (χ1) is 11.9. The van der Waals surface area contributed by atoms with Crippen LogP contribution >= 0.6 is 0 Å². The van der Waals surface area contributed by atoms with Crippen molar-refractivity contribution >= 4 is 21.6 Å². The number of carbonyl (C=O) groups excluding carboxylic acids is 1. The number of amides is 1. The summed E-state index contributed by atoms with van der Waals surface area (Å²) in [5.74, 6) is -0.246. The van der Waals surface area contributed by atoms with E-state index in [9.17, 15) is 13.2 Å². The summed E-state index contributed by atoms with van der Waals surface area (Å²) in [4.78, 5) is 14.0. The van der Waals surface area contributed by atoms with Gasteiger partial charge in [-0.1, -0.05) is 6.42 Å². The highest BCUT2D eigenvalue weighted by Gasteiger charge is 2.26. The van der Waals surface area contributed by atoms with E-state index < -0.39 is 16.1 Å². The molecule has 1 aromatic carbocycles. The van der Waals surface area contributed by atoms with Crippen LogP contribution in [0.1, 0.15) is 26.2 Å². The predicted molar refractivity (Wildman–Crippen MR) is 95.4 cm³/mol. The molecule has 1 heterocycles. The minimum absolute atomic E-state index is 0.154. The number of anilines is 1. The SMILES string of the molecule is CC(C(=O)Nc1ccc(S(=O)(=O)N2CCCCC2)cc1)N(C)CC#N. The van der Waals surface area contributed by atoms with Crippen LogP contribution < -0.4 is 5.32 Å². The van der Waals surface area contributed by atoms with Crippen LogP contribution in [-0.2, 0) is 14.8 Å². The third-order valence-electron chi connectivity index (χ3n) is 4.44. The molecule has 1 atom stereocenters. The number of hydrogen-bond acceptors (Lipinski definition) is 5. The number of nitriles is 1. The molecule has 25 heavy (non-hydrogen) atoms. The Morgan fingerprint density at radius 1 is 1.28 bits per heavy atom. The molecule has 136 valence electrons. The van der Waals surface area contributed by atoms with Crippen LogP contribution in [0.2, 0.25) is 0 Å². The molecule has 1 N–H and O–H groups in total. The Kier molecular flexibility index (Phi) is 6.53. The molecule has 1 fully saturated rings. The monoisotopic (exact) mass is 364 g/mol. The minimum atomic E-state index is -3.47. The molecule has 8 heteroatoms. The normalized spacial score (nSPS) is 17.0. The van der Waals surface area contributed by atoms with Crippen molar-refractivity contribution in [1.29, 1.82) is 5.26 Å². The van der Waals surface area contributed by atoms with Crippen LogP contribution in [0.3, 0.4) is 0 Å². The van der Waals surface area contributed by atoms with Crippen molar-refractivity contribution in [2.24, 2.45) is 0 Å². The maximum Gasteiger partial charge on any atom is 0.243 e. The highest BCUT2D eigenvalue weighted by Crippen LogP contribution is 2.22. The van der Waals surface area contributed by atoms with Crippen molar-refractivity contribution in [3.8, 4) is 6.07 Å². The van der Waals surface area contributed by atoms with Gasteiger partial charge in [0.05, 0.1) is 23.6 Å². The molecule has 1 saturated heterocycles. The second-order valence-corrected chi connectivity index (χ2v) is 8.17. The molecule has 1 amide bonds. The van der Waals surface area contributed by atoms with Gasteiger partial charge in [0.1, 0.15) is 0 Å². The quantitative estimate of drug-likeness (QED) is 0.775. The number of hydrogen-bond donors (Lipinski definition) is 1. The van der Waals surface area contributed by atoms with Crippen molar-refractivity contribution in [2.75, 3.05) is 32.0 Å². The third kappa shape index (κ3) is 4.78. The van der Waals surface area contributed by atoms with Crippen LogP contribution in [-0.4, -0.2) is 56.3 Å². The van der Waals surface area contributed by atoms with E-state index in [1.54, 1.807) is 31.0 Å². The Bertz CT molecular complexity index is 734. The molecule has 7 nitrogen and oxygen atoms in total. The molecule has 1 unspecified atom stereocenters.